The second kappa shape index (κ2) is 1.99. The van der Waals surface area contributed by atoms with E-state index in [1.807, 2.05) is 0 Å². The van der Waals surface area contributed by atoms with Crippen LogP contribution in [0.2, 0.25) is 0 Å². The highest BCUT2D eigenvalue weighted by Crippen LogP contribution is 2.55. The fraction of sp³-hybridized carbons (Fsp3) is 1.00. The van der Waals surface area contributed by atoms with Crippen LogP contribution in [0.15, 0.2) is 0 Å². The molecule has 0 aromatic carbocycles. The molecule has 0 aliphatic heterocycles. The fourth-order valence-electron chi connectivity index (χ4n) is 3.49. The lowest BCUT2D eigenvalue weighted by Crippen LogP contribution is -2.15. The van der Waals surface area contributed by atoms with Gasteiger partial charge in [-0.25, -0.2) is 0 Å². The zero-order valence-corrected chi connectivity index (χ0v) is 7.30. The van der Waals surface area contributed by atoms with Crippen molar-refractivity contribution in [2.24, 2.45) is 29.6 Å². The Morgan fingerprint density at radius 1 is 0.700 bits per heavy atom. The monoisotopic (exact) mass is 138 g/mol. The van der Waals surface area contributed by atoms with Crippen molar-refractivity contribution in [1.29, 1.82) is 0 Å². The molecular formula is C10H18. The van der Waals surface area contributed by atoms with Crippen molar-refractivity contribution in [3.05, 3.63) is 0 Å². The van der Waals surface area contributed by atoms with Crippen molar-refractivity contribution >= 4 is 0 Å². The van der Waals surface area contributed by atoms with E-state index in [4.69, 9.17) is 0 Å². The first-order valence-corrected chi connectivity index (χ1v) is 4.72. The van der Waals surface area contributed by atoms with E-state index < -0.39 is 0 Å². The van der Waals surface area contributed by atoms with Crippen LogP contribution in [-0.4, -0.2) is 0 Å². The summed E-state index contributed by atoms with van der Waals surface area (Å²) < 4.78 is 0. The molecule has 2 bridgehead atoms. The first kappa shape index (κ1) is 6.69. The van der Waals surface area contributed by atoms with E-state index in [0.717, 1.165) is 29.6 Å². The van der Waals surface area contributed by atoms with Crippen LogP contribution in [0.25, 0.3) is 0 Å². The smallest absolute Gasteiger partial charge is 0.0357 e. The lowest BCUT2D eigenvalue weighted by Gasteiger charge is -2.23. The summed E-state index contributed by atoms with van der Waals surface area (Å²) in [5.41, 5.74) is 0. The lowest BCUT2D eigenvalue weighted by atomic mass is 9.82. The quantitative estimate of drug-likeness (QED) is 0.483. The van der Waals surface area contributed by atoms with E-state index in [9.17, 15) is 0 Å². The molecule has 58 valence electrons. The number of hydrogen-bond acceptors (Lipinski definition) is 0. The summed E-state index contributed by atoms with van der Waals surface area (Å²) in [5.74, 6) is 5.26. The first-order valence-electron chi connectivity index (χ1n) is 4.72. The van der Waals surface area contributed by atoms with Crippen LogP contribution in [0.5, 0.6) is 0 Å². The van der Waals surface area contributed by atoms with Gasteiger partial charge in [-0.1, -0.05) is 20.8 Å². The Bertz CT molecular complexity index is 115. The molecule has 2 fully saturated rings. The van der Waals surface area contributed by atoms with Crippen molar-refractivity contribution in [3.63, 3.8) is 0 Å². The summed E-state index contributed by atoms with van der Waals surface area (Å²) in [6, 6.07) is 0. The van der Waals surface area contributed by atoms with Crippen molar-refractivity contribution in [1.82, 2.24) is 0 Å². The number of fused-ring (bicyclic) bond motifs is 2. The highest BCUT2D eigenvalue weighted by Gasteiger charge is 2.47. The summed E-state index contributed by atoms with van der Waals surface area (Å²) >= 11 is 0. The van der Waals surface area contributed by atoms with E-state index in [1.54, 1.807) is 0 Å². The molecule has 0 amide bonds. The van der Waals surface area contributed by atoms with E-state index in [2.05, 4.69) is 20.8 Å². The maximum atomic E-state index is 2.46. The number of hydrogen-bond donors (Lipinski definition) is 0. The van der Waals surface area contributed by atoms with E-state index in [1.165, 1.54) is 12.8 Å². The summed E-state index contributed by atoms with van der Waals surface area (Å²) in [4.78, 5) is 0. The maximum Gasteiger partial charge on any atom is -0.0357 e. The van der Waals surface area contributed by atoms with Crippen molar-refractivity contribution < 1.29 is 0 Å². The molecule has 0 N–H and O–H groups in total. The molecule has 10 heavy (non-hydrogen) atoms. The Morgan fingerprint density at radius 3 is 1.30 bits per heavy atom. The van der Waals surface area contributed by atoms with Gasteiger partial charge in [0.25, 0.3) is 0 Å². The van der Waals surface area contributed by atoms with Gasteiger partial charge < -0.3 is 0 Å². The SMILES string of the molecule is CC1C(C)C2CCC1C2C. The van der Waals surface area contributed by atoms with Gasteiger partial charge in [0.1, 0.15) is 0 Å². The molecular weight excluding hydrogens is 120 g/mol. The molecule has 2 aliphatic carbocycles. The van der Waals surface area contributed by atoms with Crippen molar-refractivity contribution in [2.75, 3.05) is 0 Å². The molecule has 0 aromatic rings. The van der Waals surface area contributed by atoms with Crippen LogP contribution in [-0.2, 0) is 0 Å². The predicted molar refractivity (Wildman–Crippen MR) is 43.7 cm³/mol. The van der Waals surface area contributed by atoms with Crippen LogP contribution >= 0.6 is 0 Å². The first-order chi connectivity index (χ1) is 4.72. The third-order valence-electron chi connectivity index (χ3n) is 4.36. The molecule has 2 saturated carbocycles. The van der Waals surface area contributed by atoms with Gasteiger partial charge in [-0.3, -0.25) is 0 Å². The van der Waals surface area contributed by atoms with Crippen LogP contribution in [0.3, 0.4) is 0 Å². The Balaban J connectivity index is 2.21. The summed E-state index contributed by atoms with van der Waals surface area (Å²) in [6.07, 6.45) is 3.05. The third kappa shape index (κ3) is 0.627. The third-order valence-corrected chi connectivity index (χ3v) is 4.36. The van der Waals surface area contributed by atoms with Gasteiger partial charge >= 0.3 is 0 Å². The molecule has 0 aromatic heterocycles. The van der Waals surface area contributed by atoms with Gasteiger partial charge in [-0.2, -0.15) is 0 Å². The zero-order chi connectivity index (χ0) is 7.30. The van der Waals surface area contributed by atoms with E-state index in [0.29, 0.717) is 0 Å². The second-order valence-electron chi connectivity index (χ2n) is 4.48. The second-order valence-corrected chi connectivity index (χ2v) is 4.48. The van der Waals surface area contributed by atoms with Gasteiger partial charge in [-0.15, -0.1) is 0 Å². The minimum Gasteiger partial charge on any atom is -0.0620 e. The normalized spacial score (nSPS) is 59.7. The highest BCUT2D eigenvalue weighted by molar-refractivity contribution is 4.96. The minimum atomic E-state index is 1.02. The van der Waals surface area contributed by atoms with E-state index in [-0.39, 0.29) is 0 Å². The molecule has 0 spiro atoms. The largest absolute Gasteiger partial charge is 0.0620 e. The van der Waals surface area contributed by atoms with Crippen LogP contribution in [0, 0.1) is 29.6 Å². The summed E-state index contributed by atoms with van der Waals surface area (Å²) in [6.45, 7) is 7.36. The van der Waals surface area contributed by atoms with Crippen molar-refractivity contribution in [2.45, 2.75) is 33.6 Å². The molecule has 0 nitrogen and oxygen atoms in total. The van der Waals surface area contributed by atoms with Gasteiger partial charge in [0, 0.05) is 0 Å². The molecule has 4 unspecified atom stereocenters. The summed E-state index contributed by atoms with van der Waals surface area (Å²) in [7, 11) is 0. The molecule has 0 radical (unpaired) electrons. The molecule has 0 heterocycles. The van der Waals surface area contributed by atoms with Crippen LogP contribution in [0.4, 0.5) is 0 Å². The van der Waals surface area contributed by atoms with Crippen molar-refractivity contribution in [3.8, 4) is 0 Å². The topological polar surface area (TPSA) is 0 Å². The molecule has 2 aliphatic rings. The van der Waals surface area contributed by atoms with Gasteiger partial charge in [0.15, 0.2) is 0 Å². The molecule has 0 heteroatoms. The zero-order valence-electron chi connectivity index (χ0n) is 7.30. The minimum absolute atomic E-state index is 1.02. The van der Waals surface area contributed by atoms with Gasteiger partial charge in [0.2, 0.25) is 0 Å². The average Bonchev–Trinajstić information content (AvgIpc) is 2.34. The van der Waals surface area contributed by atoms with Gasteiger partial charge in [0.05, 0.1) is 0 Å². The molecule has 2 rings (SSSR count). The Kier molecular flexibility index (Phi) is 1.33. The summed E-state index contributed by atoms with van der Waals surface area (Å²) in [5, 5.41) is 0. The Labute approximate surface area is 64.0 Å². The van der Waals surface area contributed by atoms with E-state index >= 15 is 0 Å². The Morgan fingerprint density at radius 2 is 1.10 bits per heavy atom. The van der Waals surface area contributed by atoms with Gasteiger partial charge in [-0.05, 0) is 42.4 Å². The lowest BCUT2D eigenvalue weighted by molar-refractivity contribution is 0.259. The highest BCUT2D eigenvalue weighted by atomic mass is 14.5. The molecule has 4 atom stereocenters. The number of rotatable bonds is 0. The fourth-order valence-corrected chi connectivity index (χ4v) is 3.49. The standard InChI is InChI=1S/C10H18/c1-6-7(2)10-5-4-9(6)8(10)3/h6-10H,4-5H2,1-3H3. The maximum absolute atomic E-state index is 2.46. The van der Waals surface area contributed by atoms with Crippen LogP contribution in [0.1, 0.15) is 33.6 Å². The van der Waals surface area contributed by atoms with Crippen LogP contribution < -0.4 is 0 Å². The molecule has 0 saturated heterocycles. The predicted octanol–water partition coefficient (Wildman–Crippen LogP) is 2.93. The average molecular weight is 138 g/mol. The Hall–Kier alpha value is 0.